The molecule has 18 heavy (non-hydrogen) atoms. The van der Waals surface area contributed by atoms with Gasteiger partial charge in [0.2, 0.25) is 0 Å². The largest absolute Gasteiger partial charge is 0.361 e. The minimum Gasteiger partial charge on any atom is -0.361 e. The number of hydrogen-bond acceptors (Lipinski definition) is 1. The van der Waals surface area contributed by atoms with Gasteiger partial charge < -0.3 is 10.6 Å². The van der Waals surface area contributed by atoms with E-state index in [-0.39, 0.29) is 5.54 Å². The average Bonchev–Trinajstić information content (AvgIpc) is 2.26. The topological polar surface area (TPSA) is 24.1 Å². The van der Waals surface area contributed by atoms with Gasteiger partial charge in [-0.05, 0) is 58.3 Å². The Kier molecular flexibility index (Phi) is 5.60. The molecule has 0 spiro atoms. The van der Waals surface area contributed by atoms with Gasteiger partial charge in [-0.3, -0.25) is 0 Å². The second kappa shape index (κ2) is 6.74. The summed E-state index contributed by atoms with van der Waals surface area (Å²) < 4.78 is 0. The van der Waals surface area contributed by atoms with E-state index in [0.717, 1.165) is 18.0 Å². The van der Waals surface area contributed by atoms with E-state index in [1.54, 1.807) is 0 Å². The summed E-state index contributed by atoms with van der Waals surface area (Å²) in [5.74, 6) is 0. The lowest BCUT2D eigenvalue weighted by atomic mass is 9.95. The second-order valence-corrected chi connectivity index (χ2v) is 6.03. The first-order valence-corrected chi connectivity index (χ1v) is 6.92. The van der Waals surface area contributed by atoms with E-state index in [1.165, 1.54) is 5.56 Å². The maximum Gasteiger partial charge on any atom is 0.166 e. The van der Waals surface area contributed by atoms with Crippen molar-refractivity contribution in [1.29, 1.82) is 0 Å². The molecule has 1 rings (SSSR count). The zero-order valence-electron chi connectivity index (χ0n) is 11.8. The van der Waals surface area contributed by atoms with Gasteiger partial charge in [0.05, 0.1) is 0 Å². The zero-order chi connectivity index (χ0) is 13.6. The van der Waals surface area contributed by atoms with Crippen molar-refractivity contribution in [1.82, 2.24) is 10.6 Å². The van der Waals surface area contributed by atoms with E-state index in [1.807, 2.05) is 0 Å². The van der Waals surface area contributed by atoms with Crippen LogP contribution in [-0.4, -0.2) is 16.7 Å². The monoisotopic (exact) mass is 264 g/mol. The van der Waals surface area contributed by atoms with Crippen LogP contribution in [0.5, 0.6) is 0 Å². The van der Waals surface area contributed by atoms with E-state index in [0.29, 0.717) is 6.04 Å². The highest BCUT2D eigenvalue weighted by Gasteiger charge is 2.18. The van der Waals surface area contributed by atoms with Crippen LogP contribution < -0.4 is 10.6 Å². The molecule has 0 amide bonds. The Hall–Kier alpha value is -1.09. The minimum absolute atomic E-state index is 0.00874. The third kappa shape index (κ3) is 6.01. The fourth-order valence-electron chi connectivity index (χ4n) is 1.77. The average molecular weight is 264 g/mol. The van der Waals surface area contributed by atoms with Crippen molar-refractivity contribution in [2.75, 3.05) is 0 Å². The van der Waals surface area contributed by atoms with E-state index in [2.05, 4.69) is 68.7 Å². The van der Waals surface area contributed by atoms with Crippen molar-refractivity contribution >= 4 is 17.3 Å². The predicted molar refractivity (Wildman–Crippen MR) is 82.8 cm³/mol. The fraction of sp³-hybridized carbons (Fsp3) is 0.533. The summed E-state index contributed by atoms with van der Waals surface area (Å²) in [4.78, 5) is 0. The maximum absolute atomic E-state index is 5.29. The number of aryl methyl sites for hydroxylation is 1. The highest BCUT2D eigenvalue weighted by molar-refractivity contribution is 7.80. The van der Waals surface area contributed by atoms with Crippen LogP contribution in [-0.2, 0) is 6.42 Å². The van der Waals surface area contributed by atoms with Crippen LogP contribution in [0.2, 0.25) is 0 Å². The second-order valence-electron chi connectivity index (χ2n) is 5.62. The summed E-state index contributed by atoms with van der Waals surface area (Å²) in [7, 11) is 0. The van der Waals surface area contributed by atoms with Crippen LogP contribution in [0.1, 0.15) is 39.7 Å². The number of nitrogens with one attached hydrogen (secondary N) is 2. The molecule has 0 aliphatic carbocycles. The molecule has 1 aromatic rings. The molecule has 0 unspecified atom stereocenters. The van der Waals surface area contributed by atoms with Gasteiger partial charge in [0.15, 0.2) is 5.11 Å². The molecule has 0 radical (unpaired) electrons. The molecule has 2 N–H and O–H groups in total. The SMILES string of the molecule is CC(C)NC(=S)NC(C)(C)CCc1ccccc1. The Morgan fingerprint density at radius 2 is 1.83 bits per heavy atom. The van der Waals surface area contributed by atoms with Gasteiger partial charge in [-0.15, -0.1) is 0 Å². The smallest absolute Gasteiger partial charge is 0.166 e. The number of hydrogen-bond donors (Lipinski definition) is 2. The number of benzene rings is 1. The van der Waals surface area contributed by atoms with Crippen molar-refractivity contribution < 1.29 is 0 Å². The normalized spacial score (nSPS) is 11.4. The molecule has 1 aromatic carbocycles. The molecule has 0 aliphatic rings. The van der Waals surface area contributed by atoms with Crippen molar-refractivity contribution in [3.63, 3.8) is 0 Å². The fourth-order valence-corrected chi connectivity index (χ4v) is 2.28. The van der Waals surface area contributed by atoms with Gasteiger partial charge in [0.1, 0.15) is 0 Å². The molecule has 100 valence electrons. The van der Waals surface area contributed by atoms with Gasteiger partial charge in [-0.2, -0.15) is 0 Å². The summed E-state index contributed by atoms with van der Waals surface area (Å²) in [5, 5.41) is 7.33. The Bertz CT molecular complexity index is 371. The lowest BCUT2D eigenvalue weighted by molar-refractivity contribution is 0.421. The summed E-state index contributed by atoms with van der Waals surface area (Å²) in [5.41, 5.74) is 1.38. The molecule has 0 aromatic heterocycles. The summed E-state index contributed by atoms with van der Waals surface area (Å²) in [6.07, 6.45) is 2.11. The lowest BCUT2D eigenvalue weighted by Crippen LogP contribution is -2.50. The molecule has 0 heterocycles. The van der Waals surface area contributed by atoms with Crippen LogP contribution >= 0.6 is 12.2 Å². The van der Waals surface area contributed by atoms with Crippen molar-refractivity contribution in [3.8, 4) is 0 Å². The predicted octanol–water partition coefficient (Wildman–Crippen LogP) is 3.27. The summed E-state index contributed by atoms with van der Waals surface area (Å²) in [6, 6.07) is 10.9. The Balaban J connectivity index is 2.42. The van der Waals surface area contributed by atoms with Crippen LogP contribution in [0.15, 0.2) is 30.3 Å². The quantitative estimate of drug-likeness (QED) is 0.798. The van der Waals surface area contributed by atoms with Gasteiger partial charge in [0, 0.05) is 11.6 Å². The van der Waals surface area contributed by atoms with Crippen molar-refractivity contribution in [2.24, 2.45) is 0 Å². The summed E-state index contributed by atoms with van der Waals surface area (Å²) in [6.45, 7) is 8.55. The highest BCUT2D eigenvalue weighted by Crippen LogP contribution is 2.13. The zero-order valence-corrected chi connectivity index (χ0v) is 12.6. The van der Waals surface area contributed by atoms with Gasteiger partial charge >= 0.3 is 0 Å². The highest BCUT2D eigenvalue weighted by atomic mass is 32.1. The number of rotatable bonds is 5. The molecule has 0 fully saturated rings. The standard InChI is InChI=1S/C15H24N2S/c1-12(2)16-14(18)17-15(3,4)11-10-13-8-6-5-7-9-13/h5-9,12H,10-11H2,1-4H3,(H2,16,17,18). The molecule has 0 saturated carbocycles. The van der Waals surface area contributed by atoms with E-state index in [9.17, 15) is 0 Å². The van der Waals surface area contributed by atoms with E-state index in [4.69, 9.17) is 12.2 Å². The molecule has 0 atom stereocenters. The molecule has 2 nitrogen and oxygen atoms in total. The summed E-state index contributed by atoms with van der Waals surface area (Å²) >= 11 is 5.29. The van der Waals surface area contributed by atoms with Crippen LogP contribution in [0.4, 0.5) is 0 Å². The minimum atomic E-state index is 0.00874. The Morgan fingerprint density at radius 3 is 2.39 bits per heavy atom. The van der Waals surface area contributed by atoms with Gasteiger partial charge in [-0.25, -0.2) is 0 Å². The molecular formula is C15H24N2S. The van der Waals surface area contributed by atoms with E-state index < -0.39 is 0 Å². The van der Waals surface area contributed by atoms with Gasteiger partial charge in [0.25, 0.3) is 0 Å². The first-order chi connectivity index (χ1) is 8.39. The van der Waals surface area contributed by atoms with Crippen LogP contribution in [0.25, 0.3) is 0 Å². The van der Waals surface area contributed by atoms with E-state index >= 15 is 0 Å². The first-order valence-electron chi connectivity index (χ1n) is 6.52. The molecular weight excluding hydrogens is 240 g/mol. The van der Waals surface area contributed by atoms with Crippen LogP contribution in [0, 0.1) is 0 Å². The molecule has 0 saturated heterocycles. The Labute approximate surface area is 116 Å². The maximum atomic E-state index is 5.29. The van der Waals surface area contributed by atoms with Gasteiger partial charge in [-0.1, -0.05) is 30.3 Å². The molecule has 0 aliphatic heterocycles. The number of thiocarbonyl (C=S) groups is 1. The molecule has 3 heteroatoms. The Morgan fingerprint density at radius 1 is 1.22 bits per heavy atom. The molecule has 0 bridgehead atoms. The first kappa shape index (κ1) is 15.0. The van der Waals surface area contributed by atoms with Crippen molar-refractivity contribution in [2.45, 2.75) is 52.1 Å². The lowest BCUT2D eigenvalue weighted by Gasteiger charge is -2.29. The third-order valence-corrected chi connectivity index (χ3v) is 2.97. The van der Waals surface area contributed by atoms with Crippen molar-refractivity contribution in [3.05, 3.63) is 35.9 Å². The third-order valence-electron chi connectivity index (χ3n) is 2.75. The van der Waals surface area contributed by atoms with Crippen LogP contribution in [0.3, 0.4) is 0 Å².